The van der Waals surface area contributed by atoms with Gasteiger partial charge in [0.15, 0.2) is 0 Å². The Labute approximate surface area is 102 Å². The number of aromatic nitrogens is 1. The molecule has 5 nitrogen and oxygen atoms in total. The van der Waals surface area contributed by atoms with Crippen LogP contribution in [0.15, 0.2) is 23.2 Å². The Balaban J connectivity index is 2.29. The zero-order valence-corrected chi connectivity index (χ0v) is 10.9. The van der Waals surface area contributed by atoms with Crippen molar-refractivity contribution in [3.8, 4) is 0 Å². The molecule has 0 radical (unpaired) electrons. The smallest absolute Gasteiger partial charge is 0.243 e. The molecule has 0 spiro atoms. The van der Waals surface area contributed by atoms with Gasteiger partial charge in [-0.25, -0.2) is 13.4 Å². The number of hydrogen-bond donors (Lipinski definition) is 1. The molecule has 1 saturated carbocycles. The van der Waals surface area contributed by atoms with Crippen LogP contribution in [0.25, 0.3) is 0 Å². The maximum Gasteiger partial charge on any atom is 0.243 e. The van der Waals surface area contributed by atoms with Gasteiger partial charge in [0.25, 0.3) is 0 Å². The topological polar surface area (TPSA) is 62.3 Å². The van der Waals surface area contributed by atoms with Crippen molar-refractivity contribution < 1.29 is 8.42 Å². The molecular formula is C11H17N3O2S. The lowest BCUT2D eigenvalue weighted by atomic mass is 9.94. The highest BCUT2D eigenvalue weighted by Gasteiger charge is 2.31. The highest BCUT2D eigenvalue weighted by molar-refractivity contribution is 7.89. The summed E-state index contributed by atoms with van der Waals surface area (Å²) in [5.74, 6) is 0.563. The third-order valence-electron chi connectivity index (χ3n) is 3.25. The number of pyridine rings is 1. The first-order valence-electron chi connectivity index (χ1n) is 5.67. The maximum absolute atomic E-state index is 12.3. The molecule has 0 atom stereocenters. The van der Waals surface area contributed by atoms with E-state index in [-0.39, 0.29) is 6.04 Å². The van der Waals surface area contributed by atoms with Crippen molar-refractivity contribution >= 4 is 15.8 Å². The van der Waals surface area contributed by atoms with Gasteiger partial charge in [-0.05, 0) is 18.9 Å². The van der Waals surface area contributed by atoms with Crippen LogP contribution in [0.1, 0.15) is 19.3 Å². The van der Waals surface area contributed by atoms with Crippen molar-refractivity contribution in [2.75, 3.05) is 19.4 Å². The molecule has 1 aromatic rings. The molecule has 0 unspecified atom stereocenters. The van der Waals surface area contributed by atoms with Crippen molar-refractivity contribution in [3.05, 3.63) is 18.3 Å². The normalized spacial score (nSPS) is 16.9. The first-order valence-corrected chi connectivity index (χ1v) is 7.11. The van der Waals surface area contributed by atoms with Crippen LogP contribution in [0.5, 0.6) is 0 Å². The Bertz CT molecular complexity index is 497. The van der Waals surface area contributed by atoms with Crippen LogP contribution in [0.4, 0.5) is 5.82 Å². The van der Waals surface area contributed by atoms with Crippen molar-refractivity contribution in [1.82, 2.24) is 9.29 Å². The lowest BCUT2D eigenvalue weighted by molar-refractivity contribution is 0.249. The van der Waals surface area contributed by atoms with Crippen LogP contribution in [0.3, 0.4) is 0 Å². The Morgan fingerprint density at radius 3 is 2.71 bits per heavy atom. The number of rotatable bonds is 4. The second-order valence-electron chi connectivity index (χ2n) is 4.23. The van der Waals surface area contributed by atoms with E-state index in [1.807, 2.05) is 0 Å². The lowest BCUT2D eigenvalue weighted by Gasteiger charge is -2.33. The largest absolute Gasteiger partial charge is 0.373 e. The molecule has 0 aliphatic heterocycles. The molecule has 1 N–H and O–H groups in total. The number of sulfonamides is 1. The molecular weight excluding hydrogens is 238 g/mol. The van der Waals surface area contributed by atoms with Crippen LogP contribution in [0, 0.1) is 0 Å². The highest BCUT2D eigenvalue weighted by Crippen LogP contribution is 2.28. The molecule has 0 bridgehead atoms. The predicted molar refractivity (Wildman–Crippen MR) is 66.4 cm³/mol. The van der Waals surface area contributed by atoms with E-state index in [0.29, 0.717) is 10.7 Å². The molecule has 17 heavy (non-hydrogen) atoms. The second kappa shape index (κ2) is 4.62. The minimum absolute atomic E-state index is 0.159. The molecule has 1 aromatic heterocycles. The first kappa shape index (κ1) is 12.3. The molecule has 0 aromatic carbocycles. The average molecular weight is 255 g/mol. The van der Waals surface area contributed by atoms with Gasteiger partial charge in [-0.2, -0.15) is 4.31 Å². The Kier molecular flexibility index (Phi) is 3.35. The summed E-state index contributed by atoms with van der Waals surface area (Å²) in [5, 5.41) is 2.84. The summed E-state index contributed by atoms with van der Waals surface area (Å²) in [4.78, 5) is 4.31. The Morgan fingerprint density at radius 1 is 1.47 bits per heavy atom. The second-order valence-corrected chi connectivity index (χ2v) is 6.23. The lowest BCUT2D eigenvalue weighted by Crippen LogP contribution is -2.41. The zero-order chi connectivity index (χ0) is 12.5. The van der Waals surface area contributed by atoms with Crippen LogP contribution < -0.4 is 5.32 Å². The number of nitrogens with one attached hydrogen (secondary N) is 1. The summed E-state index contributed by atoms with van der Waals surface area (Å²) in [6.45, 7) is 0. The monoisotopic (exact) mass is 255 g/mol. The van der Waals surface area contributed by atoms with Gasteiger partial charge in [-0.1, -0.05) is 6.42 Å². The van der Waals surface area contributed by atoms with Gasteiger partial charge in [0.2, 0.25) is 10.0 Å². The molecule has 2 rings (SSSR count). The van der Waals surface area contributed by atoms with Gasteiger partial charge in [-0.3, -0.25) is 0 Å². The minimum atomic E-state index is -3.38. The van der Waals surface area contributed by atoms with Gasteiger partial charge < -0.3 is 5.32 Å². The third kappa shape index (κ3) is 2.28. The summed E-state index contributed by atoms with van der Waals surface area (Å²) < 4.78 is 26.1. The fraction of sp³-hybridized carbons (Fsp3) is 0.545. The SMILES string of the molecule is CNc1cc(S(=O)(=O)N(C)C2CCC2)ccn1. The number of nitrogens with zero attached hydrogens (tertiary/aromatic N) is 2. The van der Waals surface area contributed by atoms with Crippen LogP contribution >= 0.6 is 0 Å². The van der Waals surface area contributed by atoms with Crippen molar-refractivity contribution in [2.24, 2.45) is 0 Å². The van der Waals surface area contributed by atoms with Crippen LogP contribution in [-0.4, -0.2) is 37.8 Å². The summed E-state index contributed by atoms with van der Waals surface area (Å²) in [5.41, 5.74) is 0. The van der Waals surface area contributed by atoms with E-state index in [9.17, 15) is 8.42 Å². The summed E-state index contributed by atoms with van der Waals surface area (Å²) >= 11 is 0. The van der Waals surface area contributed by atoms with Gasteiger partial charge in [0.05, 0.1) is 4.90 Å². The quantitative estimate of drug-likeness (QED) is 0.880. The Morgan fingerprint density at radius 2 is 2.18 bits per heavy atom. The summed E-state index contributed by atoms with van der Waals surface area (Å²) in [7, 11) is -0.0103. The van der Waals surface area contributed by atoms with E-state index < -0.39 is 10.0 Å². The highest BCUT2D eigenvalue weighted by atomic mass is 32.2. The van der Waals surface area contributed by atoms with Gasteiger partial charge in [0, 0.05) is 32.4 Å². The van der Waals surface area contributed by atoms with E-state index in [4.69, 9.17) is 0 Å². The number of anilines is 1. The average Bonchev–Trinajstić information content (AvgIpc) is 2.26. The molecule has 1 aliphatic rings. The predicted octanol–water partition coefficient (Wildman–Crippen LogP) is 1.30. The third-order valence-corrected chi connectivity index (χ3v) is 5.16. The molecule has 6 heteroatoms. The minimum Gasteiger partial charge on any atom is -0.373 e. The van der Waals surface area contributed by atoms with Crippen molar-refractivity contribution in [1.29, 1.82) is 0 Å². The fourth-order valence-electron chi connectivity index (χ4n) is 1.82. The van der Waals surface area contributed by atoms with E-state index in [1.54, 1.807) is 20.2 Å². The van der Waals surface area contributed by atoms with E-state index in [1.165, 1.54) is 16.6 Å². The van der Waals surface area contributed by atoms with Crippen LogP contribution in [-0.2, 0) is 10.0 Å². The standard InChI is InChI=1S/C11H17N3O2S/c1-12-11-8-10(6-7-13-11)17(15,16)14(2)9-4-3-5-9/h6-9H,3-5H2,1-2H3,(H,12,13). The molecule has 1 fully saturated rings. The molecule has 1 heterocycles. The number of hydrogen-bond acceptors (Lipinski definition) is 4. The fourth-order valence-corrected chi connectivity index (χ4v) is 3.25. The van der Waals surface area contributed by atoms with E-state index in [2.05, 4.69) is 10.3 Å². The first-order chi connectivity index (χ1) is 8.05. The van der Waals surface area contributed by atoms with E-state index >= 15 is 0 Å². The summed E-state index contributed by atoms with van der Waals surface area (Å²) in [6.07, 6.45) is 4.54. The van der Waals surface area contributed by atoms with Crippen molar-refractivity contribution in [3.63, 3.8) is 0 Å². The van der Waals surface area contributed by atoms with Gasteiger partial charge in [0.1, 0.15) is 5.82 Å². The molecule has 94 valence electrons. The maximum atomic E-state index is 12.3. The Hall–Kier alpha value is -1.14. The van der Waals surface area contributed by atoms with Crippen LogP contribution in [0.2, 0.25) is 0 Å². The van der Waals surface area contributed by atoms with Gasteiger partial charge in [-0.15, -0.1) is 0 Å². The summed E-state index contributed by atoms with van der Waals surface area (Å²) in [6, 6.07) is 3.25. The molecule has 0 amide bonds. The van der Waals surface area contributed by atoms with E-state index in [0.717, 1.165) is 19.3 Å². The molecule has 0 saturated heterocycles. The zero-order valence-electron chi connectivity index (χ0n) is 10.0. The van der Waals surface area contributed by atoms with Gasteiger partial charge >= 0.3 is 0 Å². The molecule has 1 aliphatic carbocycles. The van der Waals surface area contributed by atoms with Crippen molar-refractivity contribution in [2.45, 2.75) is 30.2 Å².